The number of aromatic nitrogens is 1. The Balaban J connectivity index is 2.07. The molecule has 3 N–H and O–H groups in total. The minimum atomic E-state index is -0.221. The molecular weight excluding hydrogens is 182 g/mol. The van der Waals surface area contributed by atoms with E-state index < -0.39 is 0 Å². The number of hydrogen-bond acceptors (Lipinski definition) is 4. The molecule has 1 aliphatic carbocycles. The molecule has 5 nitrogen and oxygen atoms in total. The lowest BCUT2D eigenvalue weighted by Crippen LogP contribution is -2.29. The lowest BCUT2D eigenvalue weighted by molar-refractivity contribution is 0.0920. The second-order valence-corrected chi connectivity index (χ2v) is 3.63. The predicted octanol–water partition coefficient (Wildman–Crippen LogP) is 0.121. The van der Waals surface area contributed by atoms with Gasteiger partial charge < -0.3 is 15.5 Å². The number of oxazole rings is 1. The first-order chi connectivity index (χ1) is 6.58. The van der Waals surface area contributed by atoms with Crippen LogP contribution in [0.15, 0.2) is 4.42 Å². The summed E-state index contributed by atoms with van der Waals surface area (Å²) in [5.41, 5.74) is 6.19. The molecule has 5 heteroatoms. The van der Waals surface area contributed by atoms with Gasteiger partial charge in [-0.3, -0.25) is 4.79 Å². The van der Waals surface area contributed by atoms with Gasteiger partial charge in [0.15, 0.2) is 5.89 Å². The number of nitrogens with two attached hydrogens (primary N) is 1. The molecule has 1 fully saturated rings. The van der Waals surface area contributed by atoms with Crippen LogP contribution in [0.1, 0.15) is 28.6 Å². The summed E-state index contributed by atoms with van der Waals surface area (Å²) in [7, 11) is 0. The van der Waals surface area contributed by atoms with Gasteiger partial charge in [-0.25, -0.2) is 4.98 Å². The van der Waals surface area contributed by atoms with Crippen LogP contribution in [-0.2, 0) is 0 Å². The molecule has 0 aliphatic heterocycles. The van der Waals surface area contributed by atoms with Crippen LogP contribution in [0.5, 0.6) is 0 Å². The largest absolute Gasteiger partial charge is 0.436 e. The maximum absolute atomic E-state index is 11.6. The summed E-state index contributed by atoms with van der Waals surface area (Å²) in [6, 6.07) is 0.204. The van der Waals surface area contributed by atoms with Crippen molar-refractivity contribution in [2.45, 2.75) is 32.4 Å². The maximum Gasteiger partial charge on any atom is 0.289 e. The predicted molar refractivity (Wildman–Crippen MR) is 49.8 cm³/mol. The Kier molecular flexibility index (Phi) is 2.03. The number of aryl methyl sites for hydroxylation is 2. The second kappa shape index (κ2) is 3.09. The molecule has 0 aromatic carbocycles. The average Bonchev–Trinajstić information content (AvgIpc) is 2.64. The number of nitrogens with zero attached hydrogens (tertiary/aromatic N) is 1. The van der Waals surface area contributed by atoms with E-state index in [4.69, 9.17) is 10.2 Å². The molecule has 0 radical (unpaired) electrons. The molecule has 1 amide bonds. The van der Waals surface area contributed by atoms with Crippen molar-refractivity contribution in [2.75, 3.05) is 0 Å². The fourth-order valence-corrected chi connectivity index (χ4v) is 1.36. The average molecular weight is 195 g/mol. The minimum absolute atomic E-state index is 0.100. The summed E-state index contributed by atoms with van der Waals surface area (Å²) in [6.45, 7) is 3.46. The van der Waals surface area contributed by atoms with Crippen LogP contribution in [-0.4, -0.2) is 23.0 Å². The maximum atomic E-state index is 11.6. The van der Waals surface area contributed by atoms with Crippen molar-refractivity contribution in [3.05, 3.63) is 17.3 Å². The van der Waals surface area contributed by atoms with E-state index >= 15 is 0 Å². The van der Waals surface area contributed by atoms with Crippen molar-refractivity contribution >= 4 is 5.91 Å². The Labute approximate surface area is 81.7 Å². The van der Waals surface area contributed by atoms with Gasteiger partial charge in [-0.15, -0.1) is 0 Å². The van der Waals surface area contributed by atoms with Crippen molar-refractivity contribution < 1.29 is 9.21 Å². The zero-order valence-electron chi connectivity index (χ0n) is 8.20. The lowest BCUT2D eigenvalue weighted by Gasteiger charge is -2.00. The molecule has 0 spiro atoms. The molecule has 2 rings (SSSR count). The molecule has 1 aromatic heterocycles. The summed E-state index contributed by atoms with van der Waals surface area (Å²) in [6.07, 6.45) is 0.845. The van der Waals surface area contributed by atoms with Crippen LogP contribution in [0, 0.1) is 13.8 Å². The number of rotatable bonds is 2. The highest BCUT2D eigenvalue weighted by Crippen LogP contribution is 2.19. The Morgan fingerprint density at radius 3 is 2.71 bits per heavy atom. The first kappa shape index (κ1) is 9.21. The lowest BCUT2D eigenvalue weighted by atomic mass is 10.3. The van der Waals surface area contributed by atoms with Crippen LogP contribution < -0.4 is 11.1 Å². The van der Waals surface area contributed by atoms with Gasteiger partial charge in [0, 0.05) is 19.0 Å². The van der Waals surface area contributed by atoms with Crippen LogP contribution in [0.4, 0.5) is 0 Å². The van der Waals surface area contributed by atoms with Crippen molar-refractivity contribution in [3.8, 4) is 0 Å². The van der Waals surface area contributed by atoms with Gasteiger partial charge in [0.1, 0.15) is 0 Å². The summed E-state index contributed by atoms with van der Waals surface area (Å²) in [5, 5.41) is 2.78. The standard InChI is InChI=1S/C9H13N3O2/c1-4-8(14-5(2)11-4)9(13)12-7-3-6(7)10/h6-7H,3,10H2,1-2H3,(H,12,13). The van der Waals surface area contributed by atoms with E-state index in [9.17, 15) is 4.79 Å². The molecule has 1 aliphatic rings. The van der Waals surface area contributed by atoms with Gasteiger partial charge in [-0.1, -0.05) is 0 Å². The number of nitrogens with one attached hydrogen (secondary N) is 1. The number of hydrogen-bond donors (Lipinski definition) is 2. The van der Waals surface area contributed by atoms with Crippen LogP contribution in [0.2, 0.25) is 0 Å². The first-order valence-corrected chi connectivity index (χ1v) is 4.58. The highest BCUT2D eigenvalue weighted by atomic mass is 16.4. The smallest absolute Gasteiger partial charge is 0.289 e. The topological polar surface area (TPSA) is 81.2 Å². The van der Waals surface area contributed by atoms with E-state index in [0.29, 0.717) is 17.3 Å². The molecule has 14 heavy (non-hydrogen) atoms. The van der Waals surface area contributed by atoms with Crippen molar-refractivity contribution in [1.29, 1.82) is 0 Å². The molecule has 1 heterocycles. The van der Waals surface area contributed by atoms with E-state index in [-0.39, 0.29) is 18.0 Å². The van der Waals surface area contributed by atoms with Crippen LogP contribution >= 0.6 is 0 Å². The SMILES string of the molecule is Cc1nc(C)c(C(=O)NC2CC2N)o1. The van der Waals surface area contributed by atoms with E-state index in [1.807, 2.05) is 0 Å². The van der Waals surface area contributed by atoms with E-state index in [1.54, 1.807) is 13.8 Å². The van der Waals surface area contributed by atoms with Gasteiger partial charge in [-0.05, 0) is 13.3 Å². The van der Waals surface area contributed by atoms with E-state index in [2.05, 4.69) is 10.3 Å². The second-order valence-electron chi connectivity index (χ2n) is 3.63. The van der Waals surface area contributed by atoms with Gasteiger partial charge in [-0.2, -0.15) is 0 Å². The van der Waals surface area contributed by atoms with Crippen LogP contribution in [0.3, 0.4) is 0 Å². The van der Waals surface area contributed by atoms with Gasteiger partial charge >= 0.3 is 0 Å². The number of amides is 1. The Bertz CT molecular complexity index is 372. The number of carbonyl (C=O) groups is 1. The summed E-state index contributed by atoms with van der Waals surface area (Å²) in [5.74, 6) is 0.579. The third kappa shape index (κ3) is 1.63. The van der Waals surface area contributed by atoms with Crippen molar-refractivity contribution in [2.24, 2.45) is 5.73 Å². The summed E-state index contributed by atoms with van der Waals surface area (Å²) >= 11 is 0. The zero-order valence-corrected chi connectivity index (χ0v) is 8.20. The molecular formula is C9H13N3O2. The summed E-state index contributed by atoms with van der Waals surface area (Å²) in [4.78, 5) is 15.6. The fraction of sp³-hybridized carbons (Fsp3) is 0.556. The third-order valence-corrected chi connectivity index (χ3v) is 2.27. The monoisotopic (exact) mass is 195 g/mol. The quantitative estimate of drug-likeness (QED) is 0.702. The van der Waals surface area contributed by atoms with E-state index in [0.717, 1.165) is 6.42 Å². The van der Waals surface area contributed by atoms with Crippen molar-refractivity contribution in [3.63, 3.8) is 0 Å². The highest BCUT2D eigenvalue weighted by molar-refractivity contribution is 5.92. The Morgan fingerprint density at radius 1 is 1.64 bits per heavy atom. The first-order valence-electron chi connectivity index (χ1n) is 4.58. The molecule has 2 unspecified atom stereocenters. The van der Waals surface area contributed by atoms with Crippen LogP contribution in [0.25, 0.3) is 0 Å². The fourth-order valence-electron chi connectivity index (χ4n) is 1.36. The normalized spacial score (nSPS) is 24.8. The van der Waals surface area contributed by atoms with Gasteiger partial charge in [0.25, 0.3) is 5.91 Å². The third-order valence-electron chi connectivity index (χ3n) is 2.27. The Morgan fingerprint density at radius 2 is 2.29 bits per heavy atom. The zero-order chi connectivity index (χ0) is 10.3. The molecule has 0 saturated heterocycles. The molecule has 1 saturated carbocycles. The van der Waals surface area contributed by atoms with Gasteiger partial charge in [0.05, 0.1) is 5.69 Å². The number of carbonyl (C=O) groups excluding carboxylic acids is 1. The molecule has 2 atom stereocenters. The van der Waals surface area contributed by atoms with Crippen molar-refractivity contribution in [1.82, 2.24) is 10.3 Å². The Hall–Kier alpha value is -1.36. The molecule has 1 aromatic rings. The van der Waals surface area contributed by atoms with E-state index in [1.165, 1.54) is 0 Å². The molecule has 76 valence electrons. The highest BCUT2D eigenvalue weighted by Gasteiger charge is 2.35. The molecule has 0 bridgehead atoms. The van der Waals surface area contributed by atoms with Gasteiger partial charge in [0.2, 0.25) is 5.76 Å². The minimum Gasteiger partial charge on any atom is -0.436 e. The summed E-state index contributed by atoms with van der Waals surface area (Å²) < 4.78 is 5.18.